The number of carbonyl (C=O) groups excluding carboxylic acids is 5. The Bertz CT molecular complexity index is 1120. The number of nitrogens with one attached hydrogen (secondary N) is 5. The summed E-state index contributed by atoms with van der Waals surface area (Å²) in [6.45, 7) is 32.5. The zero-order valence-corrected chi connectivity index (χ0v) is 34.5. The van der Waals surface area contributed by atoms with Crippen LogP contribution < -0.4 is 26.6 Å². The Morgan fingerprint density at radius 3 is 1.66 bits per heavy atom. The van der Waals surface area contributed by atoms with Crippen LogP contribution in [0.2, 0.25) is 0 Å². The van der Waals surface area contributed by atoms with Gasteiger partial charge in [0.2, 0.25) is 5.91 Å². The number of alkyl carbamates (subject to hydrolysis) is 1. The molecule has 0 aliphatic carbocycles. The van der Waals surface area contributed by atoms with E-state index >= 15 is 0 Å². The van der Waals surface area contributed by atoms with Gasteiger partial charge >= 0.3 is 12.1 Å². The molecule has 292 valence electrons. The maximum absolute atomic E-state index is 14.3. The van der Waals surface area contributed by atoms with Crippen LogP contribution >= 0.6 is 0 Å². The Morgan fingerprint density at radius 2 is 1.18 bits per heavy atom. The summed E-state index contributed by atoms with van der Waals surface area (Å²) in [5, 5.41) is 15.5. The number of amides is 2. The number of Topliss-reactive ketones (excluding diaryl/α,β-unsaturated/α-hetero) is 2. The highest BCUT2D eigenvalue weighted by Gasteiger charge is 2.48. The fourth-order valence-corrected chi connectivity index (χ4v) is 5.28. The Hall–Kier alpha value is -2.57. The normalized spacial score (nSPS) is 14.9. The van der Waals surface area contributed by atoms with Gasteiger partial charge in [0, 0.05) is 48.5 Å². The lowest BCUT2D eigenvalue weighted by molar-refractivity contribution is -0.155. The van der Waals surface area contributed by atoms with Gasteiger partial charge in [-0.1, -0.05) is 55.4 Å². The van der Waals surface area contributed by atoms with Crippen molar-refractivity contribution >= 4 is 29.5 Å². The minimum atomic E-state index is -0.956. The van der Waals surface area contributed by atoms with Gasteiger partial charge in [-0.2, -0.15) is 0 Å². The van der Waals surface area contributed by atoms with Crippen LogP contribution in [0.5, 0.6) is 0 Å². The van der Waals surface area contributed by atoms with E-state index in [9.17, 15) is 24.0 Å². The molecule has 0 bridgehead atoms. The lowest BCUT2D eigenvalue weighted by Crippen LogP contribution is -2.64. The van der Waals surface area contributed by atoms with Crippen molar-refractivity contribution < 1.29 is 33.4 Å². The van der Waals surface area contributed by atoms with Gasteiger partial charge in [0.25, 0.3) is 0 Å². The summed E-state index contributed by atoms with van der Waals surface area (Å²) < 4.78 is 10.7. The van der Waals surface area contributed by atoms with Gasteiger partial charge in [0.1, 0.15) is 11.2 Å². The Balaban J connectivity index is 5.92. The second-order valence-electron chi connectivity index (χ2n) is 18.0. The first-order chi connectivity index (χ1) is 22.4. The molecule has 5 N–H and O–H groups in total. The third kappa shape index (κ3) is 17.6. The molecule has 0 fully saturated rings. The van der Waals surface area contributed by atoms with Crippen molar-refractivity contribution in [2.75, 3.05) is 19.6 Å². The van der Waals surface area contributed by atoms with E-state index in [1.54, 1.807) is 62.3 Å². The standard InChI is InChI=1S/C38H73N5O7/c1-24(2)22-28(42-25(3)4)31(46)37(14,15)38(16,17)43-27(18-19-29(44)49-34(6,7)8)30(45)36(12,13)23-41-26(5)32(47)39-20-21-40-33(48)50-35(9,10)11/h24-28,41-43H,18-23H2,1-17H3,(H,39,47)(H,40,48)/t26-,27-,28-/m0/s1. The molecule has 12 heteroatoms. The Morgan fingerprint density at radius 1 is 0.660 bits per heavy atom. The molecule has 0 aliphatic rings. The predicted octanol–water partition coefficient (Wildman–Crippen LogP) is 5.07. The second kappa shape index (κ2) is 19.3. The molecule has 3 atom stereocenters. The van der Waals surface area contributed by atoms with Crippen molar-refractivity contribution in [2.24, 2.45) is 16.7 Å². The van der Waals surface area contributed by atoms with E-state index in [2.05, 4.69) is 40.4 Å². The molecule has 50 heavy (non-hydrogen) atoms. The van der Waals surface area contributed by atoms with Crippen LogP contribution in [0, 0.1) is 16.7 Å². The van der Waals surface area contributed by atoms with Crippen LogP contribution in [0.1, 0.15) is 137 Å². The molecule has 0 aromatic rings. The first kappa shape index (κ1) is 47.4. The molecule has 0 saturated heterocycles. The molecular weight excluding hydrogens is 638 g/mol. The summed E-state index contributed by atoms with van der Waals surface area (Å²) in [5.41, 5.74) is -3.99. The number of ether oxygens (including phenoxy) is 2. The molecular formula is C38H73N5O7. The Kier molecular flexibility index (Phi) is 18.3. The monoisotopic (exact) mass is 712 g/mol. The van der Waals surface area contributed by atoms with Crippen molar-refractivity contribution in [2.45, 2.75) is 178 Å². The number of hydrogen-bond acceptors (Lipinski definition) is 10. The van der Waals surface area contributed by atoms with Crippen molar-refractivity contribution in [1.82, 2.24) is 26.6 Å². The molecule has 0 aromatic heterocycles. The van der Waals surface area contributed by atoms with Gasteiger partial charge < -0.3 is 36.1 Å². The average molecular weight is 712 g/mol. The maximum Gasteiger partial charge on any atom is 0.407 e. The minimum Gasteiger partial charge on any atom is -0.460 e. The number of hydrogen-bond donors (Lipinski definition) is 5. The summed E-state index contributed by atoms with van der Waals surface area (Å²) in [6, 6.07) is -1.66. The first-order valence-electron chi connectivity index (χ1n) is 18.2. The van der Waals surface area contributed by atoms with Crippen LogP contribution in [0.4, 0.5) is 4.79 Å². The predicted molar refractivity (Wildman–Crippen MR) is 200 cm³/mol. The van der Waals surface area contributed by atoms with E-state index in [1.807, 2.05) is 41.5 Å². The summed E-state index contributed by atoms with van der Waals surface area (Å²) in [5.74, 6) is -0.496. The van der Waals surface area contributed by atoms with E-state index in [0.717, 1.165) is 0 Å². The highest BCUT2D eigenvalue weighted by Crippen LogP contribution is 2.35. The summed E-state index contributed by atoms with van der Waals surface area (Å²) >= 11 is 0. The summed E-state index contributed by atoms with van der Waals surface area (Å²) in [7, 11) is 0. The van der Waals surface area contributed by atoms with E-state index in [0.29, 0.717) is 12.3 Å². The van der Waals surface area contributed by atoms with Crippen molar-refractivity contribution in [3.05, 3.63) is 0 Å². The van der Waals surface area contributed by atoms with Crippen LogP contribution in [0.15, 0.2) is 0 Å². The Labute approximate surface area is 303 Å². The van der Waals surface area contributed by atoms with Crippen molar-refractivity contribution in [1.29, 1.82) is 0 Å². The molecule has 0 spiro atoms. The zero-order valence-electron chi connectivity index (χ0n) is 34.5. The number of ketones is 2. The summed E-state index contributed by atoms with van der Waals surface area (Å²) in [4.78, 5) is 65.9. The second-order valence-corrected chi connectivity index (χ2v) is 18.0. The quantitative estimate of drug-likeness (QED) is 0.0803. The van der Waals surface area contributed by atoms with Gasteiger partial charge in [-0.3, -0.25) is 19.2 Å². The van der Waals surface area contributed by atoms with Crippen LogP contribution in [-0.2, 0) is 28.7 Å². The van der Waals surface area contributed by atoms with E-state index in [-0.39, 0.29) is 62.0 Å². The molecule has 12 nitrogen and oxygen atoms in total. The third-order valence-electron chi connectivity index (χ3n) is 8.65. The van der Waals surface area contributed by atoms with Crippen LogP contribution in [0.3, 0.4) is 0 Å². The lowest BCUT2D eigenvalue weighted by Gasteiger charge is -2.46. The number of carbonyl (C=O) groups is 5. The smallest absolute Gasteiger partial charge is 0.407 e. The van der Waals surface area contributed by atoms with E-state index in [1.165, 1.54) is 0 Å². The minimum absolute atomic E-state index is 0.00958. The van der Waals surface area contributed by atoms with Gasteiger partial charge in [0.05, 0.1) is 18.1 Å². The van der Waals surface area contributed by atoms with Crippen LogP contribution in [0.25, 0.3) is 0 Å². The van der Waals surface area contributed by atoms with Gasteiger partial charge in [-0.25, -0.2) is 4.79 Å². The van der Waals surface area contributed by atoms with Gasteiger partial charge in [0.15, 0.2) is 11.6 Å². The fourth-order valence-electron chi connectivity index (χ4n) is 5.28. The van der Waals surface area contributed by atoms with E-state index in [4.69, 9.17) is 9.47 Å². The third-order valence-corrected chi connectivity index (χ3v) is 8.65. The molecule has 0 aliphatic heterocycles. The molecule has 0 rings (SSSR count). The van der Waals surface area contributed by atoms with Gasteiger partial charge in [-0.15, -0.1) is 0 Å². The fraction of sp³-hybridized carbons (Fsp3) is 0.868. The molecule has 0 heterocycles. The summed E-state index contributed by atoms with van der Waals surface area (Å²) in [6.07, 6.45) is 0.301. The molecule has 0 aromatic carbocycles. The number of esters is 1. The van der Waals surface area contributed by atoms with Gasteiger partial charge in [-0.05, 0) is 81.1 Å². The average Bonchev–Trinajstić information content (AvgIpc) is 2.92. The largest absolute Gasteiger partial charge is 0.460 e. The highest BCUT2D eigenvalue weighted by molar-refractivity contribution is 5.92. The highest BCUT2D eigenvalue weighted by atomic mass is 16.6. The molecule has 0 saturated carbocycles. The topological polar surface area (TPSA) is 164 Å². The van der Waals surface area contributed by atoms with Crippen molar-refractivity contribution in [3.63, 3.8) is 0 Å². The zero-order chi connectivity index (χ0) is 39.5. The first-order valence-corrected chi connectivity index (χ1v) is 18.2. The molecule has 0 unspecified atom stereocenters. The number of rotatable bonds is 21. The van der Waals surface area contributed by atoms with E-state index < -0.39 is 51.7 Å². The van der Waals surface area contributed by atoms with Crippen molar-refractivity contribution in [3.8, 4) is 0 Å². The van der Waals surface area contributed by atoms with Crippen LogP contribution in [-0.4, -0.2) is 90.1 Å². The lowest BCUT2D eigenvalue weighted by atomic mass is 9.67. The maximum atomic E-state index is 14.3. The molecule has 2 amide bonds. The SMILES string of the molecule is CC(C)C[C@H](NC(C)C)C(=O)C(C)(C)C(C)(C)N[C@@H](CCC(=O)OC(C)(C)C)C(=O)C(C)(C)CN[C@@H](C)C(=O)NCCNC(=O)OC(C)(C)C. The molecule has 0 radical (unpaired) electrons.